The molecule has 2 atom stereocenters. The Morgan fingerprint density at radius 1 is 0.459 bits per heavy atom. The molecule has 0 radical (unpaired) electrons. The third kappa shape index (κ3) is 12.1. The Labute approximate surface area is 366 Å². The zero-order valence-corrected chi connectivity index (χ0v) is 39.8. The van der Waals surface area contributed by atoms with Crippen LogP contribution in [0.25, 0.3) is 0 Å². The standard InChI is InChI=1S/C53H72O8/c1-33(35-29-41(49(3,4)5)45(54)42(30-35)50(6,7)8)47(56)60-27-25-58-39-21-17-37(18-22-39)53(15,16)38-19-23-40(24-20-38)59-26-28-61-48(57)34(2)36-31-43(51(9,10)11)46(55)44(32-36)52(12,13)14/h17-24,29-34,54-55H,25-28H2,1-16H3. The van der Waals surface area contributed by atoms with Crippen molar-refractivity contribution in [3.63, 3.8) is 0 Å². The average Bonchev–Trinajstić information content (AvgIpc) is 3.16. The molecule has 0 fully saturated rings. The average molecular weight is 837 g/mol. The number of carbonyl (C=O) groups excluding carboxylic acids is 2. The number of carbonyl (C=O) groups is 2. The van der Waals surface area contributed by atoms with Crippen LogP contribution in [-0.2, 0) is 46.1 Å². The second kappa shape index (κ2) is 18.6. The number of hydrogen-bond acceptors (Lipinski definition) is 8. The highest BCUT2D eigenvalue weighted by Crippen LogP contribution is 2.43. The van der Waals surface area contributed by atoms with Crippen molar-refractivity contribution >= 4 is 11.9 Å². The fourth-order valence-corrected chi connectivity index (χ4v) is 7.33. The SMILES string of the molecule is CC(C(=O)OCCOc1ccc(C(C)(C)c2ccc(OCCOC(=O)C(C)c3cc(C(C)(C)C)c(O)c(C(C)(C)C)c3)cc2)cc1)c1cc(C(C)(C)C)c(O)c(C(C)(C)C)c1. The number of phenolic OH excluding ortho intramolecular Hbond substituents is 2. The summed E-state index contributed by atoms with van der Waals surface area (Å²) in [5.74, 6) is 0.230. The van der Waals surface area contributed by atoms with Crippen molar-refractivity contribution < 1.29 is 38.7 Å². The van der Waals surface area contributed by atoms with E-state index in [1.807, 2.05) is 86.6 Å². The van der Waals surface area contributed by atoms with Gasteiger partial charge >= 0.3 is 11.9 Å². The van der Waals surface area contributed by atoms with Gasteiger partial charge in [0.05, 0.1) is 11.8 Å². The molecule has 8 heteroatoms. The Hall–Kier alpha value is -4.98. The van der Waals surface area contributed by atoms with E-state index in [9.17, 15) is 19.8 Å². The summed E-state index contributed by atoms with van der Waals surface area (Å²) in [5.41, 5.74) is 5.59. The highest BCUT2D eigenvalue weighted by Gasteiger charge is 2.31. The van der Waals surface area contributed by atoms with Crippen LogP contribution in [0.4, 0.5) is 0 Å². The maximum atomic E-state index is 13.1. The van der Waals surface area contributed by atoms with Crippen molar-refractivity contribution in [1.29, 1.82) is 0 Å². The highest BCUT2D eigenvalue weighted by atomic mass is 16.6. The molecule has 2 unspecified atom stereocenters. The van der Waals surface area contributed by atoms with Crippen LogP contribution in [0.5, 0.6) is 23.0 Å². The van der Waals surface area contributed by atoms with Gasteiger partial charge in [-0.05, 0) is 104 Å². The molecule has 2 N–H and O–H groups in total. The number of aromatic hydroxyl groups is 2. The highest BCUT2D eigenvalue weighted by molar-refractivity contribution is 5.79. The lowest BCUT2D eigenvalue weighted by Crippen LogP contribution is -2.21. The lowest BCUT2D eigenvalue weighted by molar-refractivity contribution is -0.146. The first kappa shape index (κ1) is 48.7. The summed E-state index contributed by atoms with van der Waals surface area (Å²) in [6.07, 6.45) is 0. The Balaban J connectivity index is 1.27. The van der Waals surface area contributed by atoms with E-state index in [0.717, 1.165) is 44.5 Å². The third-order valence-electron chi connectivity index (χ3n) is 11.5. The van der Waals surface area contributed by atoms with E-state index in [0.29, 0.717) is 11.5 Å². The van der Waals surface area contributed by atoms with Gasteiger partial charge in [-0.15, -0.1) is 0 Å². The maximum absolute atomic E-state index is 13.1. The van der Waals surface area contributed by atoms with Crippen LogP contribution in [0.1, 0.15) is 167 Å². The lowest BCUT2D eigenvalue weighted by Gasteiger charge is -2.29. The summed E-state index contributed by atoms with van der Waals surface area (Å²) < 4.78 is 23.2. The van der Waals surface area contributed by atoms with Crippen LogP contribution >= 0.6 is 0 Å². The summed E-state index contributed by atoms with van der Waals surface area (Å²) in [5, 5.41) is 22.2. The third-order valence-corrected chi connectivity index (χ3v) is 11.5. The predicted octanol–water partition coefficient (Wildman–Crippen LogP) is 12.1. The molecule has 0 aromatic heterocycles. The smallest absolute Gasteiger partial charge is 0.313 e. The molecular weight excluding hydrogens is 765 g/mol. The molecule has 8 nitrogen and oxygen atoms in total. The second-order valence-electron chi connectivity index (χ2n) is 21.1. The first-order valence-corrected chi connectivity index (χ1v) is 21.6. The summed E-state index contributed by atoms with van der Waals surface area (Å²) in [4.78, 5) is 26.3. The molecule has 4 rings (SSSR count). The van der Waals surface area contributed by atoms with Crippen molar-refractivity contribution in [2.45, 2.75) is 150 Å². The molecule has 0 spiro atoms. The molecule has 332 valence electrons. The molecule has 0 aliphatic rings. The van der Waals surface area contributed by atoms with E-state index in [1.54, 1.807) is 0 Å². The van der Waals surface area contributed by atoms with E-state index in [1.165, 1.54) is 0 Å². The van der Waals surface area contributed by atoms with Crippen LogP contribution in [0.2, 0.25) is 0 Å². The zero-order valence-electron chi connectivity index (χ0n) is 39.8. The van der Waals surface area contributed by atoms with Gasteiger partial charge in [0.1, 0.15) is 49.4 Å². The predicted molar refractivity (Wildman–Crippen MR) is 246 cm³/mol. The van der Waals surface area contributed by atoms with Crippen LogP contribution in [0, 0.1) is 0 Å². The number of ether oxygens (including phenoxy) is 4. The molecule has 4 aromatic rings. The van der Waals surface area contributed by atoms with Gasteiger partial charge in [-0.3, -0.25) is 9.59 Å². The quantitative estimate of drug-likeness (QED) is 0.0954. The normalized spacial score (nSPS) is 13.6. The van der Waals surface area contributed by atoms with Gasteiger partial charge in [-0.25, -0.2) is 0 Å². The number of esters is 2. The summed E-state index contributed by atoms with van der Waals surface area (Å²) >= 11 is 0. The molecule has 61 heavy (non-hydrogen) atoms. The molecule has 0 saturated carbocycles. The van der Waals surface area contributed by atoms with Gasteiger partial charge in [0.15, 0.2) is 0 Å². The van der Waals surface area contributed by atoms with E-state index in [4.69, 9.17) is 18.9 Å². The van der Waals surface area contributed by atoms with Gasteiger partial charge in [0, 0.05) is 5.41 Å². The Kier molecular flexibility index (Phi) is 14.8. The minimum atomic E-state index is -0.507. The number of benzene rings is 4. The van der Waals surface area contributed by atoms with Crippen molar-refractivity contribution in [2.75, 3.05) is 26.4 Å². The van der Waals surface area contributed by atoms with Crippen molar-refractivity contribution in [2.24, 2.45) is 0 Å². The zero-order chi connectivity index (χ0) is 45.9. The Morgan fingerprint density at radius 3 is 0.967 bits per heavy atom. The van der Waals surface area contributed by atoms with Gasteiger partial charge in [0.2, 0.25) is 0 Å². The second-order valence-corrected chi connectivity index (χ2v) is 21.1. The molecule has 0 aliphatic carbocycles. The van der Waals surface area contributed by atoms with Crippen molar-refractivity contribution in [1.82, 2.24) is 0 Å². The summed E-state index contributed by atoms with van der Waals surface area (Å²) in [6, 6.07) is 23.6. The largest absolute Gasteiger partial charge is 0.507 e. The minimum Gasteiger partial charge on any atom is -0.507 e. The molecule has 0 saturated heterocycles. The Morgan fingerprint density at radius 2 is 0.721 bits per heavy atom. The molecular formula is C53H72O8. The lowest BCUT2D eigenvalue weighted by atomic mass is 9.77. The van der Waals surface area contributed by atoms with Crippen molar-refractivity contribution in [3.05, 3.63) is 117 Å². The van der Waals surface area contributed by atoms with Crippen molar-refractivity contribution in [3.8, 4) is 23.0 Å². The monoisotopic (exact) mass is 837 g/mol. The van der Waals surface area contributed by atoms with Gasteiger partial charge < -0.3 is 29.2 Å². The molecule has 4 aromatic carbocycles. The van der Waals surface area contributed by atoms with Gasteiger partial charge in [0.25, 0.3) is 0 Å². The fraction of sp³-hybridized carbons (Fsp3) is 0.509. The molecule has 0 amide bonds. The number of hydrogen-bond donors (Lipinski definition) is 2. The molecule has 0 heterocycles. The fourth-order valence-electron chi connectivity index (χ4n) is 7.33. The number of rotatable bonds is 14. The van der Waals surface area contributed by atoms with E-state index >= 15 is 0 Å². The van der Waals surface area contributed by atoms with Crippen LogP contribution < -0.4 is 9.47 Å². The Bertz CT molecular complexity index is 1910. The van der Waals surface area contributed by atoms with Gasteiger partial charge in [-0.1, -0.05) is 145 Å². The van der Waals surface area contributed by atoms with Gasteiger partial charge in [-0.2, -0.15) is 0 Å². The summed E-state index contributed by atoms with van der Waals surface area (Å²) in [7, 11) is 0. The van der Waals surface area contributed by atoms with Crippen LogP contribution in [0.3, 0.4) is 0 Å². The molecule has 0 aliphatic heterocycles. The topological polar surface area (TPSA) is 112 Å². The van der Waals surface area contributed by atoms with Crippen LogP contribution in [0.15, 0.2) is 72.8 Å². The van der Waals surface area contributed by atoms with Crippen LogP contribution in [-0.4, -0.2) is 48.6 Å². The first-order valence-electron chi connectivity index (χ1n) is 21.6. The van der Waals surface area contributed by atoms with E-state index < -0.39 is 11.8 Å². The summed E-state index contributed by atoms with van der Waals surface area (Å²) in [6.45, 7) is 33.3. The van der Waals surface area contributed by atoms with E-state index in [2.05, 4.69) is 96.9 Å². The van der Waals surface area contributed by atoms with E-state index in [-0.39, 0.29) is 76.9 Å². The maximum Gasteiger partial charge on any atom is 0.313 e. The molecule has 0 bridgehead atoms. The first-order chi connectivity index (χ1) is 28.0. The minimum absolute atomic E-state index is 0.111. The number of phenols is 2.